The molecule has 0 aromatic rings. The van der Waals surface area contributed by atoms with Crippen LogP contribution in [0.2, 0.25) is 0 Å². The van der Waals surface area contributed by atoms with E-state index in [9.17, 15) is 9.59 Å². The van der Waals surface area contributed by atoms with E-state index in [2.05, 4.69) is 5.32 Å². The number of rotatable bonds is 2. The summed E-state index contributed by atoms with van der Waals surface area (Å²) in [7, 11) is 0. The zero-order valence-electron chi connectivity index (χ0n) is 9.48. The third-order valence-electron chi connectivity index (χ3n) is 3.66. The molecule has 2 fully saturated rings. The minimum absolute atomic E-state index is 0.0161. The smallest absolute Gasteiger partial charge is 0.326 e. The summed E-state index contributed by atoms with van der Waals surface area (Å²) in [5.74, 6) is -0.589. The van der Waals surface area contributed by atoms with Crippen molar-refractivity contribution in [3.05, 3.63) is 0 Å². The van der Waals surface area contributed by atoms with Gasteiger partial charge >= 0.3 is 5.97 Å². The van der Waals surface area contributed by atoms with Crippen LogP contribution in [0.15, 0.2) is 0 Å². The third-order valence-corrected chi connectivity index (χ3v) is 3.66. The van der Waals surface area contributed by atoms with Gasteiger partial charge in [-0.05, 0) is 25.3 Å². The summed E-state index contributed by atoms with van der Waals surface area (Å²) in [5, 5.41) is 12.2. The highest BCUT2D eigenvalue weighted by molar-refractivity contribution is 5.86. The molecule has 0 unspecified atom stereocenters. The average Bonchev–Trinajstić information content (AvgIpc) is 2.84. The number of likely N-dealkylation sites (tertiary alicyclic amines) is 1. The van der Waals surface area contributed by atoms with Crippen molar-refractivity contribution in [3.8, 4) is 0 Å². The highest BCUT2D eigenvalue weighted by Gasteiger charge is 2.39. The van der Waals surface area contributed by atoms with E-state index < -0.39 is 12.0 Å². The minimum atomic E-state index is -0.871. The van der Waals surface area contributed by atoms with Gasteiger partial charge in [-0.25, -0.2) is 4.79 Å². The summed E-state index contributed by atoms with van der Waals surface area (Å²) in [6, 6.07) is -0.597. The van der Waals surface area contributed by atoms with Gasteiger partial charge in [0.05, 0.1) is 5.92 Å². The topological polar surface area (TPSA) is 69.6 Å². The van der Waals surface area contributed by atoms with Crippen molar-refractivity contribution >= 4 is 11.9 Å². The normalized spacial score (nSPS) is 34.3. The second kappa shape index (κ2) is 4.41. The van der Waals surface area contributed by atoms with Crippen molar-refractivity contribution in [2.24, 2.45) is 11.8 Å². The average molecular weight is 226 g/mol. The van der Waals surface area contributed by atoms with Crippen molar-refractivity contribution in [2.45, 2.75) is 25.8 Å². The van der Waals surface area contributed by atoms with Gasteiger partial charge in [0, 0.05) is 13.1 Å². The Morgan fingerprint density at radius 2 is 2.12 bits per heavy atom. The van der Waals surface area contributed by atoms with Crippen LogP contribution in [0.1, 0.15) is 19.8 Å². The fourth-order valence-corrected chi connectivity index (χ4v) is 2.64. The first-order valence-corrected chi connectivity index (χ1v) is 5.85. The molecule has 0 saturated carbocycles. The zero-order chi connectivity index (χ0) is 11.7. The lowest BCUT2D eigenvalue weighted by Crippen LogP contribution is -2.45. The monoisotopic (exact) mass is 226 g/mol. The highest BCUT2D eigenvalue weighted by atomic mass is 16.4. The maximum Gasteiger partial charge on any atom is 0.326 e. The van der Waals surface area contributed by atoms with Gasteiger partial charge in [-0.3, -0.25) is 4.79 Å². The first-order valence-electron chi connectivity index (χ1n) is 5.85. The van der Waals surface area contributed by atoms with Gasteiger partial charge < -0.3 is 15.3 Å². The molecule has 0 radical (unpaired) electrons. The fourth-order valence-electron chi connectivity index (χ4n) is 2.64. The molecule has 2 heterocycles. The molecule has 2 aliphatic rings. The highest BCUT2D eigenvalue weighted by Crippen LogP contribution is 2.24. The zero-order valence-corrected chi connectivity index (χ0v) is 9.48. The molecule has 2 aliphatic heterocycles. The molecule has 0 bridgehead atoms. The van der Waals surface area contributed by atoms with Crippen molar-refractivity contribution in [3.63, 3.8) is 0 Å². The summed E-state index contributed by atoms with van der Waals surface area (Å²) in [5.41, 5.74) is 0. The SMILES string of the molecule is C[C@@H]1CNC[C@H]1C(=O)N1CCC[C@@H]1C(=O)O. The Morgan fingerprint density at radius 1 is 1.38 bits per heavy atom. The Morgan fingerprint density at radius 3 is 2.69 bits per heavy atom. The minimum Gasteiger partial charge on any atom is -0.480 e. The largest absolute Gasteiger partial charge is 0.480 e. The predicted octanol–water partition coefficient (Wildman–Crippen LogP) is -0.0825. The van der Waals surface area contributed by atoms with Crippen LogP contribution in [0.4, 0.5) is 0 Å². The van der Waals surface area contributed by atoms with Gasteiger partial charge in [0.15, 0.2) is 0 Å². The fraction of sp³-hybridized carbons (Fsp3) is 0.818. The van der Waals surface area contributed by atoms with E-state index in [0.29, 0.717) is 25.4 Å². The van der Waals surface area contributed by atoms with Gasteiger partial charge in [0.1, 0.15) is 6.04 Å². The maximum absolute atomic E-state index is 12.2. The Balaban J connectivity index is 2.06. The molecule has 2 rings (SSSR count). The van der Waals surface area contributed by atoms with Gasteiger partial charge in [-0.2, -0.15) is 0 Å². The van der Waals surface area contributed by atoms with Crippen LogP contribution in [-0.4, -0.2) is 47.6 Å². The Labute approximate surface area is 94.8 Å². The van der Waals surface area contributed by atoms with Gasteiger partial charge in [-0.15, -0.1) is 0 Å². The third kappa shape index (κ3) is 1.91. The number of nitrogens with zero attached hydrogens (tertiary/aromatic N) is 1. The van der Waals surface area contributed by atoms with Crippen molar-refractivity contribution in [2.75, 3.05) is 19.6 Å². The van der Waals surface area contributed by atoms with Crippen LogP contribution >= 0.6 is 0 Å². The standard InChI is InChI=1S/C11H18N2O3/c1-7-5-12-6-8(7)10(14)13-4-2-3-9(13)11(15)16/h7-9,12H,2-6H2,1H3,(H,15,16)/t7-,8-,9-/m1/s1. The Bertz CT molecular complexity index is 306. The van der Waals surface area contributed by atoms with E-state index >= 15 is 0 Å². The predicted molar refractivity (Wildman–Crippen MR) is 57.9 cm³/mol. The first-order chi connectivity index (χ1) is 7.61. The molecule has 3 atom stereocenters. The molecule has 16 heavy (non-hydrogen) atoms. The van der Waals surface area contributed by atoms with E-state index in [1.807, 2.05) is 6.92 Å². The maximum atomic E-state index is 12.2. The lowest BCUT2D eigenvalue weighted by molar-refractivity contribution is -0.150. The van der Waals surface area contributed by atoms with Crippen LogP contribution in [0.3, 0.4) is 0 Å². The molecular weight excluding hydrogens is 208 g/mol. The Hall–Kier alpha value is -1.10. The van der Waals surface area contributed by atoms with Crippen molar-refractivity contribution in [1.29, 1.82) is 0 Å². The molecular formula is C11H18N2O3. The van der Waals surface area contributed by atoms with Gasteiger partial charge in [0.2, 0.25) is 5.91 Å². The van der Waals surface area contributed by atoms with Gasteiger partial charge in [0.25, 0.3) is 0 Å². The van der Waals surface area contributed by atoms with E-state index in [1.54, 1.807) is 4.90 Å². The van der Waals surface area contributed by atoms with E-state index in [1.165, 1.54) is 0 Å². The number of carbonyl (C=O) groups excluding carboxylic acids is 1. The molecule has 0 spiro atoms. The molecule has 1 amide bonds. The van der Waals surface area contributed by atoms with Crippen LogP contribution in [-0.2, 0) is 9.59 Å². The lowest BCUT2D eigenvalue weighted by atomic mass is 9.96. The van der Waals surface area contributed by atoms with E-state index in [0.717, 1.165) is 13.0 Å². The van der Waals surface area contributed by atoms with Crippen molar-refractivity contribution in [1.82, 2.24) is 10.2 Å². The molecule has 2 saturated heterocycles. The van der Waals surface area contributed by atoms with Crippen LogP contribution in [0.5, 0.6) is 0 Å². The summed E-state index contributed by atoms with van der Waals surface area (Å²) < 4.78 is 0. The molecule has 0 aliphatic carbocycles. The second-order valence-corrected chi connectivity index (χ2v) is 4.77. The van der Waals surface area contributed by atoms with Crippen molar-refractivity contribution < 1.29 is 14.7 Å². The number of hydrogen-bond acceptors (Lipinski definition) is 3. The number of carboxylic acids is 1. The molecule has 0 aromatic carbocycles. The molecule has 5 heteroatoms. The summed E-state index contributed by atoms with van der Waals surface area (Å²) in [4.78, 5) is 24.8. The van der Waals surface area contributed by atoms with Gasteiger partial charge in [-0.1, -0.05) is 6.92 Å². The van der Waals surface area contributed by atoms with E-state index in [-0.39, 0.29) is 11.8 Å². The van der Waals surface area contributed by atoms with E-state index in [4.69, 9.17) is 5.11 Å². The number of carboxylic acid groups (broad SMARTS) is 1. The molecule has 0 aromatic heterocycles. The molecule has 90 valence electrons. The van der Waals surface area contributed by atoms with Crippen LogP contribution in [0.25, 0.3) is 0 Å². The summed E-state index contributed by atoms with van der Waals surface area (Å²) >= 11 is 0. The molecule has 2 N–H and O–H groups in total. The first kappa shape index (κ1) is 11.4. The number of amides is 1. The molecule has 5 nitrogen and oxygen atoms in total. The second-order valence-electron chi connectivity index (χ2n) is 4.77. The lowest BCUT2D eigenvalue weighted by Gasteiger charge is -2.26. The van der Waals surface area contributed by atoms with Crippen LogP contribution in [0, 0.1) is 11.8 Å². The Kier molecular flexibility index (Phi) is 3.14. The van der Waals surface area contributed by atoms with Crippen LogP contribution < -0.4 is 5.32 Å². The number of aliphatic carboxylic acids is 1. The number of carbonyl (C=O) groups is 2. The number of nitrogens with one attached hydrogen (secondary N) is 1. The quantitative estimate of drug-likeness (QED) is 0.691. The summed E-state index contributed by atoms with van der Waals surface area (Å²) in [6.07, 6.45) is 1.40. The number of hydrogen-bond donors (Lipinski definition) is 2. The summed E-state index contributed by atoms with van der Waals surface area (Å²) in [6.45, 7) is 4.16.